The van der Waals surface area contributed by atoms with E-state index in [4.69, 9.17) is 0 Å². The molecule has 1 fully saturated rings. The third-order valence-electron chi connectivity index (χ3n) is 5.20. The number of hydrogen-bond acceptors (Lipinski definition) is 3. The quantitative estimate of drug-likeness (QED) is 0.878. The SMILES string of the molecule is Cc1ccc(C(=O)Nc2ccc(N3CCN(C(=O)C(C)C)CC3)cc2)c(C)c1. The molecule has 1 heterocycles. The van der Waals surface area contributed by atoms with Crippen molar-refractivity contribution in [2.45, 2.75) is 27.7 Å². The van der Waals surface area contributed by atoms with Crippen LogP contribution in [0.3, 0.4) is 0 Å². The molecule has 2 amide bonds. The van der Waals surface area contributed by atoms with E-state index in [1.54, 1.807) is 0 Å². The molecule has 0 saturated carbocycles. The van der Waals surface area contributed by atoms with Gasteiger partial charge >= 0.3 is 0 Å². The number of nitrogens with zero attached hydrogens (tertiary/aromatic N) is 2. The van der Waals surface area contributed by atoms with E-state index in [2.05, 4.69) is 10.2 Å². The molecule has 28 heavy (non-hydrogen) atoms. The molecular formula is C23H29N3O2. The Balaban J connectivity index is 1.60. The van der Waals surface area contributed by atoms with Crippen molar-refractivity contribution in [2.75, 3.05) is 36.4 Å². The molecule has 2 aromatic carbocycles. The van der Waals surface area contributed by atoms with Gasteiger partial charge < -0.3 is 15.1 Å². The molecule has 1 N–H and O–H groups in total. The predicted octanol–water partition coefficient (Wildman–Crippen LogP) is 3.86. The maximum absolute atomic E-state index is 12.5. The fourth-order valence-electron chi connectivity index (χ4n) is 3.57. The van der Waals surface area contributed by atoms with Crippen molar-refractivity contribution in [2.24, 2.45) is 5.92 Å². The molecule has 1 aliphatic heterocycles. The predicted molar refractivity (Wildman–Crippen MR) is 114 cm³/mol. The lowest BCUT2D eigenvalue weighted by Crippen LogP contribution is -2.49. The number of benzene rings is 2. The number of carbonyl (C=O) groups is 2. The topological polar surface area (TPSA) is 52.7 Å². The Morgan fingerprint density at radius 2 is 1.57 bits per heavy atom. The van der Waals surface area contributed by atoms with Gasteiger partial charge in [-0.1, -0.05) is 31.5 Å². The third kappa shape index (κ3) is 4.53. The zero-order valence-electron chi connectivity index (χ0n) is 17.2. The van der Waals surface area contributed by atoms with Gasteiger partial charge in [-0.05, 0) is 49.7 Å². The van der Waals surface area contributed by atoms with Crippen LogP contribution in [0.15, 0.2) is 42.5 Å². The first-order chi connectivity index (χ1) is 13.3. The van der Waals surface area contributed by atoms with E-state index in [0.717, 1.165) is 48.7 Å². The minimum absolute atomic E-state index is 0.0478. The molecule has 5 nitrogen and oxygen atoms in total. The third-order valence-corrected chi connectivity index (χ3v) is 5.20. The first-order valence-electron chi connectivity index (χ1n) is 9.87. The molecule has 1 saturated heterocycles. The van der Waals surface area contributed by atoms with E-state index < -0.39 is 0 Å². The van der Waals surface area contributed by atoms with Crippen molar-refractivity contribution in [3.8, 4) is 0 Å². The lowest BCUT2D eigenvalue weighted by atomic mass is 10.1. The zero-order valence-corrected chi connectivity index (χ0v) is 17.2. The molecule has 0 bridgehead atoms. The zero-order chi connectivity index (χ0) is 20.3. The Kier molecular flexibility index (Phi) is 6.02. The molecule has 0 spiro atoms. The van der Waals surface area contributed by atoms with Crippen molar-refractivity contribution in [3.63, 3.8) is 0 Å². The summed E-state index contributed by atoms with van der Waals surface area (Å²) in [5, 5.41) is 2.97. The number of aryl methyl sites for hydroxylation is 2. The highest BCUT2D eigenvalue weighted by atomic mass is 16.2. The van der Waals surface area contributed by atoms with Crippen LogP contribution < -0.4 is 10.2 Å². The molecule has 2 aromatic rings. The van der Waals surface area contributed by atoms with Crippen molar-refractivity contribution < 1.29 is 9.59 Å². The molecule has 148 valence electrons. The van der Waals surface area contributed by atoms with Crippen LogP contribution in [0, 0.1) is 19.8 Å². The summed E-state index contributed by atoms with van der Waals surface area (Å²) in [6.07, 6.45) is 0. The van der Waals surface area contributed by atoms with Gasteiger partial charge in [-0.2, -0.15) is 0 Å². The van der Waals surface area contributed by atoms with Gasteiger partial charge in [0.25, 0.3) is 5.91 Å². The maximum atomic E-state index is 12.5. The largest absolute Gasteiger partial charge is 0.368 e. The summed E-state index contributed by atoms with van der Waals surface area (Å²) in [6, 6.07) is 13.8. The van der Waals surface area contributed by atoms with Crippen LogP contribution in [0.25, 0.3) is 0 Å². The summed E-state index contributed by atoms with van der Waals surface area (Å²) in [5.74, 6) is 0.182. The minimum Gasteiger partial charge on any atom is -0.368 e. The molecule has 0 aromatic heterocycles. The van der Waals surface area contributed by atoms with Crippen molar-refractivity contribution in [1.29, 1.82) is 0 Å². The number of amides is 2. The Morgan fingerprint density at radius 3 is 2.14 bits per heavy atom. The Bertz CT molecular complexity index is 851. The Hall–Kier alpha value is -2.82. The number of carbonyl (C=O) groups excluding carboxylic acids is 2. The first kappa shape index (κ1) is 19.9. The first-order valence-corrected chi connectivity index (χ1v) is 9.87. The van der Waals surface area contributed by atoms with Crippen LogP contribution in [0.4, 0.5) is 11.4 Å². The summed E-state index contributed by atoms with van der Waals surface area (Å²) < 4.78 is 0. The van der Waals surface area contributed by atoms with Gasteiger partial charge in [0.15, 0.2) is 0 Å². The number of nitrogens with one attached hydrogen (secondary N) is 1. The van der Waals surface area contributed by atoms with E-state index >= 15 is 0 Å². The highest BCUT2D eigenvalue weighted by Gasteiger charge is 2.22. The van der Waals surface area contributed by atoms with Gasteiger partial charge in [0.1, 0.15) is 0 Å². The van der Waals surface area contributed by atoms with Gasteiger partial charge in [0.2, 0.25) is 5.91 Å². The molecule has 3 rings (SSSR count). The normalized spacial score (nSPS) is 14.3. The lowest BCUT2D eigenvalue weighted by molar-refractivity contribution is -0.134. The standard InChI is InChI=1S/C23H29N3O2/c1-16(2)23(28)26-13-11-25(12-14-26)20-8-6-19(7-9-20)24-22(27)21-10-5-17(3)15-18(21)4/h5-10,15-16H,11-14H2,1-4H3,(H,24,27). The van der Waals surface area contributed by atoms with Crippen LogP contribution in [0.2, 0.25) is 0 Å². The van der Waals surface area contributed by atoms with E-state index in [1.807, 2.05) is 75.1 Å². The average molecular weight is 380 g/mol. The number of hydrogen-bond donors (Lipinski definition) is 1. The monoisotopic (exact) mass is 379 g/mol. The summed E-state index contributed by atoms with van der Waals surface area (Å²) in [7, 11) is 0. The Morgan fingerprint density at radius 1 is 0.929 bits per heavy atom. The summed E-state index contributed by atoms with van der Waals surface area (Å²) in [5.41, 5.74) is 4.71. The molecule has 0 aliphatic carbocycles. The van der Waals surface area contributed by atoms with Gasteiger partial charge in [0, 0.05) is 49.0 Å². The highest BCUT2D eigenvalue weighted by Crippen LogP contribution is 2.21. The van der Waals surface area contributed by atoms with E-state index in [9.17, 15) is 9.59 Å². The number of rotatable bonds is 4. The van der Waals surface area contributed by atoms with Crippen molar-refractivity contribution in [1.82, 2.24) is 4.90 Å². The molecule has 1 aliphatic rings. The summed E-state index contributed by atoms with van der Waals surface area (Å²) in [6.45, 7) is 11.0. The second-order valence-corrected chi connectivity index (χ2v) is 7.79. The van der Waals surface area contributed by atoms with E-state index in [1.165, 1.54) is 0 Å². The minimum atomic E-state index is -0.0916. The van der Waals surface area contributed by atoms with E-state index in [0.29, 0.717) is 5.56 Å². The smallest absolute Gasteiger partial charge is 0.255 e. The lowest BCUT2D eigenvalue weighted by Gasteiger charge is -2.37. The maximum Gasteiger partial charge on any atom is 0.255 e. The summed E-state index contributed by atoms with van der Waals surface area (Å²) in [4.78, 5) is 28.9. The van der Waals surface area contributed by atoms with Gasteiger partial charge in [-0.15, -0.1) is 0 Å². The van der Waals surface area contributed by atoms with Crippen LogP contribution >= 0.6 is 0 Å². The highest BCUT2D eigenvalue weighted by molar-refractivity contribution is 6.05. The number of piperazine rings is 1. The van der Waals surface area contributed by atoms with Crippen LogP contribution in [0.5, 0.6) is 0 Å². The average Bonchev–Trinajstić information content (AvgIpc) is 2.68. The van der Waals surface area contributed by atoms with E-state index in [-0.39, 0.29) is 17.7 Å². The summed E-state index contributed by atoms with van der Waals surface area (Å²) >= 11 is 0. The molecule has 0 atom stereocenters. The van der Waals surface area contributed by atoms with Crippen LogP contribution in [-0.2, 0) is 4.79 Å². The molecule has 0 unspecified atom stereocenters. The molecule has 5 heteroatoms. The molecule has 0 radical (unpaired) electrons. The Labute approximate surface area is 167 Å². The fourth-order valence-corrected chi connectivity index (χ4v) is 3.57. The van der Waals surface area contributed by atoms with Gasteiger partial charge in [0.05, 0.1) is 0 Å². The number of anilines is 2. The second kappa shape index (κ2) is 8.46. The van der Waals surface area contributed by atoms with Gasteiger partial charge in [-0.3, -0.25) is 9.59 Å². The van der Waals surface area contributed by atoms with Crippen molar-refractivity contribution >= 4 is 23.2 Å². The second-order valence-electron chi connectivity index (χ2n) is 7.79. The fraction of sp³-hybridized carbons (Fsp3) is 0.391. The van der Waals surface area contributed by atoms with Crippen LogP contribution in [-0.4, -0.2) is 42.9 Å². The van der Waals surface area contributed by atoms with Crippen LogP contribution in [0.1, 0.15) is 35.3 Å². The molecular weight excluding hydrogens is 350 g/mol. The van der Waals surface area contributed by atoms with Crippen molar-refractivity contribution in [3.05, 3.63) is 59.2 Å². The van der Waals surface area contributed by atoms with Gasteiger partial charge in [-0.25, -0.2) is 0 Å².